The van der Waals surface area contributed by atoms with Crippen LogP contribution in [-0.2, 0) is 16.1 Å². The Bertz CT molecular complexity index is 1250. The van der Waals surface area contributed by atoms with Gasteiger partial charge in [-0.2, -0.15) is 5.10 Å². The van der Waals surface area contributed by atoms with E-state index in [4.69, 9.17) is 4.74 Å². The van der Waals surface area contributed by atoms with Crippen LogP contribution in [0.2, 0.25) is 0 Å². The van der Waals surface area contributed by atoms with Crippen molar-refractivity contribution in [2.45, 2.75) is 20.4 Å². The quantitative estimate of drug-likeness (QED) is 0.520. The molecule has 1 saturated heterocycles. The fourth-order valence-electron chi connectivity index (χ4n) is 4.01. The summed E-state index contributed by atoms with van der Waals surface area (Å²) in [7, 11) is 0. The number of ether oxygens (including phenoxy) is 1. The molecule has 178 valence electrons. The molecule has 0 N–H and O–H groups in total. The molecule has 2 heterocycles. The summed E-state index contributed by atoms with van der Waals surface area (Å²) in [5.41, 5.74) is 0.648. The Morgan fingerprint density at radius 3 is 2.29 bits per heavy atom. The average Bonchev–Trinajstić information content (AvgIpc) is 2.84. The Labute approximate surface area is 196 Å². The molecule has 34 heavy (non-hydrogen) atoms. The molecule has 0 aliphatic carbocycles. The molecule has 1 aromatic heterocycles. The third-order valence-electron chi connectivity index (χ3n) is 5.75. The highest BCUT2D eigenvalue weighted by Crippen LogP contribution is 2.18. The minimum atomic E-state index is -0.744. The molecule has 1 fully saturated rings. The molecule has 0 atom stereocenters. The number of halogens is 1. The first-order chi connectivity index (χ1) is 16.3. The number of carbonyl (C=O) groups excluding carboxylic acids is 2. The van der Waals surface area contributed by atoms with Crippen molar-refractivity contribution in [3.05, 3.63) is 70.4 Å². The van der Waals surface area contributed by atoms with E-state index in [1.807, 2.05) is 13.8 Å². The molecule has 0 saturated carbocycles. The predicted molar refractivity (Wildman–Crippen MR) is 126 cm³/mol. The molecule has 0 unspecified atom stereocenters. The van der Waals surface area contributed by atoms with Gasteiger partial charge in [0.15, 0.2) is 12.3 Å². The van der Waals surface area contributed by atoms with E-state index in [-0.39, 0.29) is 28.9 Å². The van der Waals surface area contributed by atoms with Crippen LogP contribution in [0.4, 0.5) is 10.1 Å². The second kappa shape index (κ2) is 10.0. The lowest BCUT2D eigenvalue weighted by atomic mass is 10.1. The van der Waals surface area contributed by atoms with Crippen LogP contribution in [-0.4, -0.2) is 59.3 Å². The molecular formula is C25H27FN4O4. The van der Waals surface area contributed by atoms with Gasteiger partial charge in [0, 0.05) is 43.8 Å². The SMILES string of the molecule is CC(C)Cn1nc(C(=O)OCC(=O)N2CCN(c3ccc(F)cc3)CC2)c2ccccc2c1=O. The van der Waals surface area contributed by atoms with Crippen LogP contribution < -0.4 is 10.5 Å². The van der Waals surface area contributed by atoms with Crippen molar-refractivity contribution in [1.82, 2.24) is 14.7 Å². The summed E-state index contributed by atoms with van der Waals surface area (Å²) in [6.45, 7) is 5.99. The van der Waals surface area contributed by atoms with Gasteiger partial charge < -0.3 is 14.5 Å². The summed E-state index contributed by atoms with van der Waals surface area (Å²) >= 11 is 0. The standard InChI is InChI=1S/C25H27FN4O4/c1-17(2)15-30-24(32)21-6-4-3-5-20(21)23(27-30)25(33)34-16-22(31)29-13-11-28(12-14-29)19-9-7-18(26)8-10-19/h3-10,17H,11-16H2,1-2H3. The topological polar surface area (TPSA) is 84.7 Å². The third kappa shape index (κ3) is 5.08. The molecule has 0 radical (unpaired) electrons. The molecule has 1 aliphatic rings. The first kappa shape index (κ1) is 23.4. The van der Waals surface area contributed by atoms with E-state index in [0.29, 0.717) is 43.5 Å². The lowest BCUT2D eigenvalue weighted by Crippen LogP contribution is -2.50. The maximum Gasteiger partial charge on any atom is 0.359 e. The number of hydrogen-bond acceptors (Lipinski definition) is 6. The third-order valence-corrected chi connectivity index (χ3v) is 5.75. The van der Waals surface area contributed by atoms with E-state index in [9.17, 15) is 18.8 Å². The molecule has 0 spiro atoms. The van der Waals surface area contributed by atoms with E-state index in [0.717, 1.165) is 5.69 Å². The van der Waals surface area contributed by atoms with E-state index < -0.39 is 12.6 Å². The summed E-state index contributed by atoms with van der Waals surface area (Å²) in [6, 6.07) is 13.0. The lowest BCUT2D eigenvalue weighted by Gasteiger charge is -2.36. The number of hydrogen-bond donors (Lipinski definition) is 0. The van der Waals surface area contributed by atoms with Crippen molar-refractivity contribution in [3.8, 4) is 0 Å². The second-order valence-electron chi connectivity index (χ2n) is 8.70. The molecule has 0 bridgehead atoms. The number of benzene rings is 2. The highest BCUT2D eigenvalue weighted by molar-refractivity contribution is 6.02. The fourth-order valence-corrected chi connectivity index (χ4v) is 4.01. The minimum absolute atomic E-state index is 0.0183. The Balaban J connectivity index is 1.41. The van der Waals surface area contributed by atoms with Gasteiger partial charge in [-0.15, -0.1) is 0 Å². The number of nitrogens with zero attached hydrogens (tertiary/aromatic N) is 4. The Hall–Kier alpha value is -3.75. The van der Waals surface area contributed by atoms with Crippen LogP contribution in [0.3, 0.4) is 0 Å². The number of amides is 1. The highest BCUT2D eigenvalue weighted by Gasteiger charge is 2.24. The number of carbonyl (C=O) groups is 2. The van der Waals surface area contributed by atoms with Gasteiger partial charge in [0.1, 0.15) is 5.82 Å². The van der Waals surface area contributed by atoms with Gasteiger partial charge in [0.05, 0.1) is 5.39 Å². The van der Waals surface area contributed by atoms with Crippen LogP contribution >= 0.6 is 0 Å². The average molecular weight is 467 g/mol. The molecule has 4 rings (SSSR count). The van der Waals surface area contributed by atoms with Crippen molar-refractivity contribution in [3.63, 3.8) is 0 Å². The van der Waals surface area contributed by atoms with E-state index in [1.165, 1.54) is 16.8 Å². The number of aromatic nitrogens is 2. The smallest absolute Gasteiger partial charge is 0.359 e. The number of rotatable bonds is 6. The molecule has 1 amide bonds. The zero-order chi connectivity index (χ0) is 24.2. The van der Waals surface area contributed by atoms with Crippen molar-refractivity contribution in [2.75, 3.05) is 37.7 Å². The van der Waals surface area contributed by atoms with Crippen LogP contribution in [0.1, 0.15) is 24.3 Å². The summed E-state index contributed by atoms with van der Waals surface area (Å²) in [5, 5.41) is 5.04. The van der Waals surface area contributed by atoms with Crippen molar-refractivity contribution in [2.24, 2.45) is 5.92 Å². The Kier molecular flexibility index (Phi) is 6.90. The maximum atomic E-state index is 13.1. The molecule has 3 aromatic rings. The van der Waals surface area contributed by atoms with Gasteiger partial charge >= 0.3 is 5.97 Å². The Morgan fingerprint density at radius 1 is 1.00 bits per heavy atom. The number of anilines is 1. The zero-order valence-electron chi connectivity index (χ0n) is 19.2. The van der Waals surface area contributed by atoms with Crippen LogP contribution in [0, 0.1) is 11.7 Å². The molecule has 9 heteroatoms. The lowest BCUT2D eigenvalue weighted by molar-refractivity contribution is -0.134. The number of esters is 1. The van der Waals surface area contributed by atoms with Crippen LogP contribution in [0.25, 0.3) is 10.8 Å². The molecule has 1 aliphatic heterocycles. The first-order valence-electron chi connectivity index (χ1n) is 11.3. The van der Waals surface area contributed by atoms with E-state index in [1.54, 1.807) is 41.3 Å². The van der Waals surface area contributed by atoms with Gasteiger partial charge in [-0.25, -0.2) is 13.9 Å². The van der Waals surface area contributed by atoms with Crippen LogP contribution in [0.5, 0.6) is 0 Å². The maximum absolute atomic E-state index is 13.1. The zero-order valence-corrected chi connectivity index (χ0v) is 19.2. The van der Waals surface area contributed by atoms with Gasteiger partial charge in [0.2, 0.25) is 0 Å². The van der Waals surface area contributed by atoms with E-state index >= 15 is 0 Å². The fraction of sp³-hybridized carbons (Fsp3) is 0.360. The monoisotopic (exact) mass is 466 g/mol. The summed E-state index contributed by atoms with van der Waals surface area (Å²) in [6.07, 6.45) is 0. The summed E-state index contributed by atoms with van der Waals surface area (Å²) in [5.74, 6) is -1.18. The second-order valence-corrected chi connectivity index (χ2v) is 8.70. The van der Waals surface area contributed by atoms with Gasteiger partial charge in [-0.05, 0) is 36.2 Å². The van der Waals surface area contributed by atoms with Gasteiger partial charge in [-0.3, -0.25) is 9.59 Å². The largest absolute Gasteiger partial charge is 0.451 e. The van der Waals surface area contributed by atoms with Gasteiger partial charge in [0.25, 0.3) is 11.5 Å². The van der Waals surface area contributed by atoms with Crippen molar-refractivity contribution < 1.29 is 18.7 Å². The highest BCUT2D eigenvalue weighted by atomic mass is 19.1. The van der Waals surface area contributed by atoms with E-state index in [2.05, 4.69) is 10.00 Å². The number of fused-ring (bicyclic) bond motifs is 1. The predicted octanol–water partition coefficient (Wildman–Crippen LogP) is 2.70. The summed E-state index contributed by atoms with van der Waals surface area (Å²) < 4.78 is 19.7. The van der Waals surface area contributed by atoms with Crippen LogP contribution in [0.15, 0.2) is 53.3 Å². The normalized spacial score (nSPS) is 14.0. The number of piperazine rings is 1. The molecular weight excluding hydrogens is 439 g/mol. The Morgan fingerprint density at radius 2 is 1.65 bits per heavy atom. The van der Waals surface area contributed by atoms with Crippen molar-refractivity contribution >= 4 is 28.3 Å². The first-order valence-corrected chi connectivity index (χ1v) is 11.3. The molecule has 8 nitrogen and oxygen atoms in total. The summed E-state index contributed by atoms with van der Waals surface area (Å²) in [4.78, 5) is 41.9. The van der Waals surface area contributed by atoms with Crippen molar-refractivity contribution in [1.29, 1.82) is 0 Å². The minimum Gasteiger partial charge on any atom is -0.451 e. The molecule has 2 aromatic carbocycles. The van der Waals surface area contributed by atoms with Gasteiger partial charge in [-0.1, -0.05) is 32.0 Å².